The van der Waals surface area contributed by atoms with Gasteiger partial charge in [-0.3, -0.25) is 4.79 Å². The van der Waals surface area contributed by atoms with E-state index in [4.69, 9.17) is 9.47 Å². The van der Waals surface area contributed by atoms with E-state index >= 15 is 0 Å². The number of hydrazine groups is 1. The summed E-state index contributed by atoms with van der Waals surface area (Å²) in [4.78, 5) is 16.4. The second-order valence-electron chi connectivity index (χ2n) is 11.1. The average molecular weight is 565 g/mol. The fraction of sp³-hybridized carbons (Fsp3) is 0.303. The van der Waals surface area contributed by atoms with Gasteiger partial charge in [-0.05, 0) is 72.1 Å². The van der Waals surface area contributed by atoms with Crippen molar-refractivity contribution in [1.29, 1.82) is 0 Å². The number of piperazine rings is 1. The van der Waals surface area contributed by atoms with Gasteiger partial charge in [0.2, 0.25) is 0 Å². The molecule has 1 amide bonds. The molecule has 9 nitrogen and oxygen atoms in total. The highest BCUT2D eigenvalue weighted by Crippen LogP contribution is 2.50. The van der Waals surface area contributed by atoms with Gasteiger partial charge in [-0.2, -0.15) is 0 Å². The third-order valence-electron chi connectivity index (χ3n) is 8.79. The van der Waals surface area contributed by atoms with Crippen LogP contribution in [0.4, 0.5) is 11.4 Å². The fourth-order valence-corrected chi connectivity index (χ4v) is 6.53. The van der Waals surface area contributed by atoms with Crippen molar-refractivity contribution >= 4 is 23.0 Å². The van der Waals surface area contributed by atoms with E-state index in [-0.39, 0.29) is 17.9 Å². The summed E-state index contributed by atoms with van der Waals surface area (Å²) in [5.74, 6) is 2.28. The zero-order valence-electron chi connectivity index (χ0n) is 24.2. The molecule has 0 radical (unpaired) electrons. The van der Waals surface area contributed by atoms with E-state index in [0.717, 1.165) is 77.3 Å². The lowest BCUT2D eigenvalue weighted by molar-refractivity contribution is -0.113. The number of nitrogens with zero attached hydrogens (tertiary/aromatic N) is 2. The molecule has 0 bridgehead atoms. The van der Waals surface area contributed by atoms with E-state index in [2.05, 4.69) is 68.5 Å². The first kappa shape index (κ1) is 26.4. The number of carbonyl (C=O) groups excluding carboxylic acids is 1. The summed E-state index contributed by atoms with van der Waals surface area (Å²) in [5, 5.41) is 12.5. The van der Waals surface area contributed by atoms with Crippen LogP contribution >= 0.6 is 0 Å². The first-order valence-electron chi connectivity index (χ1n) is 14.5. The van der Waals surface area contributed by atoms with E-state index < -0.39 is 0 Å². The number of amides is 1. The highest BCUT2D eigenvalue weighted by atomic mass is 16.5. The average Bonchev–Trinajstić information content (AvgIpc) is 3.35. The number of ether oxygens (including phenoxy) is 2. The van der Waals surface area contributed by atoms with Crippen molar-refractivity contribution in [2.24, 2.45) is 0 Å². The molecular weight excluding hydrogens is 528 g/mol. The van der Waals surface area contributed by atoms with Gasteiger partial charge in [-0.15, -0.1) is 0 Å². The Hall–Kier alpha value is -4.47. The smallest absolute Gasteiger partial charge is 0.254 e. The number of hydrogen-bond acceptors (Lipinski definition) is 8. The van der Waals surface area contributed by atoms with Crippen molar-refractivity contribution in [3.63, 3.8) is 0 Å². The quantitative estimate of drug-likeness (QED) is 0.360. The molecule has 42 heavy (non-hydrogen) atoms. The number of methoxy groups -OCH3 is 2. The molecule has 3 aromatic rings. The normalized spacial score (nSPS) is 21.6. The summed E-state index contributed by atoms with van der Waals surface area (Å²) >= 11 is 0. The molecule has 3 aromatic carbocycles. The van der Waals surface area contributed by atoms with Gasteiger partial charge < -0.3 is 35.7 Å². The summed E-state index contributed by atoms with van der Waals surface area (Å²) < 4.78 is 10.8. The number of carbonyl (C=O) groups is 1. The largest absolute Gasteiger partial charge is 0.497 e. The maximum absolute atomic E-state index is 14.0. The number of hydrogen-bond donors (Lipinski definition) is 4. The van der Waals surface area contributed by atoms with Crippen molar-refractivity contribution in [2.45, 2.75) is 25.4 Å². The second-order valence-corrected chi connectivity index (χ2v) is 11.1. The molecule has 0 aliphatic carbocycles. The molecule has 1 fully saturated rings. The Morgan fingerprint density at radius 2 is 1.57 bits per heavy atom. The van der Waals surface area contributed by atoms with Gasteiger partial charge in [0.05, 0.1) is 31.5 Å². The molecule has 2 atom stereocenters. The Labute approximate surface area is 246 Å². The molecule has 4 aliphatic rings. The predicted octanol–water partition coefficient (Wildman–Crippen LogP) is 3.78. The van der Waals surface area contributed by atoms with Gasteiger partial charge in [0.15, 0.2) is 0 Å². The van der Waals surface area contributed by atoms with Crippen molar-refractivity contribution in [1.82, 2.24) is 21.1 Å². The summed E-state index contributed by atoms with van der Waals surface area (Å²) in [5.41, 5.74) is 11.6. The third-order valence-corrected chi connectivity index (χ3v) is 8.79. The number of dihydropyridines is 1. The first-order valence-corrected chi connectivity index (χ1v) is 14.5. The number of rotatable bonds is 6. The van der Waals surface area contributed by atoms with E-state index in [9.17, 15) is 4.79 Å². The fourth-order valence-electron chi connectivity index (χ4n) is 6.53. The topological polar surface area (TPSA) is 90.1 Å². The van der Waals surface area contributed by atoms with Crippen LogP contribution < -0.4 is 35.7 Å². The van der Waals surface area contributed by atoms with Crippen LogP contribution in [-0.4, -0.2) is 57.4 Å². The van der Waals surface area contributed by atoms with Crippen LogP contribution in [0.3, 0.4) is 0 Å². The molecule has 0 saturated carbocycles. The Morgan fingerprint density at radius 3 is 2.26 bits per heavy atom. The third kappa shape index (κ3) is 4.55. The summed E-state index contributed by atoms with van der Waals surface area (Å²) in [6.45, 7) is 6.71. The maximum Gasteiger partial charge on any atom is 0.254 e. The predicted molar refractivity (Wildman–Crippen MR) is 164 cm³/mol. The monoisotopic (exact) mass is 564 g/mol. The molecule has 7 rings (SSSR count). The molecule has 1 saturated heterocycles. The van der Waals surface area contributed by atoms with E-state index in [1.54, 1.807) is 14.2 Å². The lowest BCUT2D eigenvalue weighted by Crippen LogP contribution is -2.43. The van der Waals surface area contributed by atoms with Crippen molar-refractivity contribution in [3.05, 3.63) is 100 Å². The SMILES string of the molecule is COc1ccc(CN2NC3=C(C4C(=C(c5ccc(OC)cc5)N3)C(=O)Nc3cc(N5CCNCC5)ccc34)C2C)cc1. The van der Waals surface area contributed by atoms with Gasteiger partial charge in [0.25, 0.3) is 5.91 Å². The Kier molecular flexibility index (Phi) is 6.76. The van der Waals surface area contributed by atoms with Gasteiger partial charge in [-0.1, -0.05) is 18.2 Å². The van der Waals surface area contributed by atoms with E-state index in [0.29, 0.717) is 6.54 Å². The Balaban J connectivity index is 1.29. The number of fused-ring (bicyclic) bond motifs is 4. The summed E-state index contributed by atoms with van der Waals surface area (Å²) in [6, 6.07) is 22.6. The van der Waals surface area contributed by atoms with Crippen molar-refractivity contribution in [2.75, 3.05) is 50.6 Å². The molecule has 4 heterocycles. The minimum absolute atomic E-state index is 0.0404. The van der Waals surface area contributed by atoms with Crippen LogP contribution in [0.2, 0.25) is 0 Å². The molecular formula is C33H36N6O3. The molecule has 2 unspecified atom stereocenters. The molecule has 216 valence electrons. The summed E-state index contributed by atoms with van der Waals surface area (Å²) in [6.07, 6.45) is 0. The lowest BCUT2D eigenvalue weighted by Gasteiger charge is -2.37. The minimum atomic E-state index is -0.192. The van der Waals surface area contributed by atoms with Gasteiger partial charge >= 0.3 is 0 Å². The number of benzene rings is 3. The maximum atomic E-state index is 14.0. The van der Waals surface area contributed by atoms with Gasteiger partial charge in [-0.25, -0.2) is 5.01 Å². The van der Waals surface area contributed by atoms with Gasteiger partial charge in [0, 0.05) is 55.6 Å². The highest BCUT2D eigenvalue weighted by molar-refractivity contribution is 6.14. The van der Waals surface area contributed by atoms with E-state index in [1.807, 2.05) is 36.4 Å². The molecule has 4 aliphatic heterocycles. The van der Waals surface area contributed by atoms with Crippen LogP contribution in [0.5, 0.6) is 11.5 Å². The zero-order chi connectivity index (χ0) is 28.8. The molecule has 0 spiro atoms. The van der Waals surface area contributed by atoms with Crippen LogP contribution in [0, 0.1) is 0 Å². The Bertz CT molecular complexity index is 1570. The first-order chi connectivity index (χ1) is 20.5. The van der Waals surface area contributed by atoms with E-state index in [1.165, 1.54) is 11.1 Å². The van der Waals surface area contributed by atoms with Crippen molar-refractivity contribution < 1.29 is 14.3 Å². The molecule has 4 N–H and O–H groups in total. The van der Waals surface area contributed by atoms with Crippen molar-refractivity contribution in [3.8, 4) is 11.5 Å². The second kappa shape index (κ2) is 10.7. The lowest BCUT2D eigenvalue weighted by atomic mass is 9.75. The zero-order valence-corrected chi connectivity index (χ0v) is 24.2. The van der Waals surface area contributed by atoms with Crippen LogP contribution in [0.25, 0.3) is 5.70 Å². The number of anilines is 2. The standard InChI is InChI=1S/C33H36N6O3/c1-20-28-29-26-13-8-23(38-16-14-34-15-17-38)18-27(26)35-33(40)30(29)31(22-6-11-25(42-3)12-7-22)36-32(28)37-39(20)19-21-4-9-24(41-2)10-5-21/h4-13,18,20,29,34,36-37H,14-17,19H2,1-3H3,(H,35,40). The highest BCUT2D eigenvalue weighted by Gasteiger charge is 2.46. The molecule has 0 aromatic heterocycles. The van der Waals surface area contributed by atoms with Crippen LogP contribution in [0.15, 0.2) is 83.7 Å². The minimum Gasteiger partial charge on any atom is -0.497 e. The van der Waals surface area contributed by atoms with Crippen LogP contribution in [-0.2, 0) is 11.3 Å². The van der Waals surface area contributed by atoms with Crippen LogP contribution in [0.1, 0.15) is 29.5 Å². The molecule has 9 heteroatoms. The van der Waals surface area contributed by atoms with Gasteiger partial charge in [0.1, 0.15) is 17.3 Å². The number of nitrogens with one attached hydrogen (secondary N) is 4. The summed E-state index contributed by atoms with van der Waals surface area (Å²) in [7, 11) is 3.34. The Morgan fingerprint density at radius 1 is 0.881 bits per heavy atom.